The molecule has 0 unspecified atom stereocenters. The number of phenols is 1. The van der Waals surface area contributed by atoms with Crippen molar-refractivity contribution < 1.29 is 9.84 Å². The highest BCUT2D eigenvalue weighted by Gasteiger charge is 2.21. The number of aromatic hydroxyl groups is 1. The fraction of sp³-hybridized carbons (Fsp3) is 0.182. The van der Waals surface area contributed by atoms with E-state index in [-0.39, 0.29) is 12.4 Å². The van der Waals surface area contributed by atoms with Crippen molar-refractivity contribution in [1.29, 1.82) is 0 Å². The maximum Gasteiger partial charge on any atom is 0.156 e. The zero-order valence-electron chi connectivity index (χ0n) is 16.9. The van der Waals surface area contributed by atoms with Gasteiger partial charge in [-0.25, -0.2) is 4.98 Å². The molecule has 0 spiro atoms. The molecule has 0 aliphatic rings. The lowest BCUT2D eigenvalue weighted by atomic mass is 10.0. The molecule has 0 bridgehead atoms. The van der Waals surface area contributed by atoms with Crippen LogP contribution in [0.3, 0.4) is 0 Å². The molecule has 2 aromatic carbocycles. The van der Waals surface area contributed by atoms with Gasteiger partial charge in [0.15, 0.2) is 5.82 Å². The van der Waals surface area contributed by atoms with Gasteiger partial charge < -0.3 is 15.6 Å². The lowest BCUT2D eigenvalue weighted by molar-refractivity contribution is 0.301. The molecule has 0 aliphatic heterocycles. The van der Waals surface area contributed by atoms with Crippen molar-refractivity contribution in [3.63, 3.8) is 0 Å². The molecule has 0 atom stereocenters. The summed E-state index contributed by atoms with van der Waals surface area (Å²) in [4.78, 5) is 4.52. The number of nitrogens with one attached hydrogen (secondary N) is 1. The number of ether oxygens (including phenoxy) is 1. The largest absolute Gasteiger partial charge is 0.507 e. The van der Waals surface area contributed by atoms with Gasteiger partial charge in [-0.3, -0.25) is 5.10 Å². The number of H-pyrrole nitrogens is 1. The van der Waals surface area contributed by atoms with Gasteiger partial charge in [-0.15, -0.1) is 11.3 Å². The molecule has 0 radical (unpaired) electrons. The van der Waals surface area contributed by atoms with E-state index in [2.05, 4.69) is 15.2 Å². The number of thiazole rings is 1. The van der Waals surface area contributed by atoms with Crippen LogP contribution in [0, 0.1) is 6.92 Å². The minimum atomic E-state index is 0.0487. The average Bonchev–Trinajstić information content (AvgIpc) is 3.32. The molecular weight excluding hydrogens is 455 g/mol. The normalized spacial score (nSPS) is 11.1. The maximum atomic E-state index is 10.8. The Hall–Kier alpha value is -2.74. The van der Waals surface area contributed by atoms with Crippen LogP contribution in [0.4, 0.5) is 5.82 Å². The van der Waals surface area contributed by atoms with E-state index in [1.165, 1.54) is 11.3 Å². The number of halogens is 2. The van der Waals surface area contributed by atoms with Crippen molar-refractivity contribution in [3.05, 3.63) is 62.6 Å². The third-order valence-corrected chi connectivity index (χ3v) is 6.42. The summed E-state index contributed by atoms with van der Waals surface area (Å²) in [6.45, 7) is 4.19. The van der Waals surface area contributed by atoms with E-state index in [9.17, 15) is 5.11 Å². The Morgan fingerprint density at radius 1 is 1.19 bits per heavy atom. The van der Waals surface area contributed by atoms with E-state index in [0.29, 0.717) is 44.9 Å². The number of rotatable bonds is 6. The van der Waals surface area contributed by atoms with Gasteiger partial charge in [-0.1, -0.05) is 36.2 Å². The Balaban J connectivity index is 1.69. The Morgan fingerprint density at radius 2 is 2.00 bits per heavy atom. The van der Waals surface area contributed by atoms with Crippen LogP contribution in [0.25, 0.3) is 21.8 Å². The van der Waals surface area contributed by atoms with Gasteiger partial charge in [-0.2, -0.15) is 5.10 Å². The van der Waals surface area contributed by atoms with Crippen molar-refractivity contribution in [2.75, 3.05) is 5.73 Å². The SMILES string of the molecule is CCc1cc(-c2[nH]nc(N)c2-c2nc(C)cs2)c(O)cc1OCc1ccc(Cl)cc1Cl. The number of hydrogen-bond donors (Lipinski definition) is 3. The summed E-state index contributed by atoms with van der Waals surface area (Å²) in [7, 11) is 0. The topological polar surface area (TPSA) is 97.1 Å². The number of benzene rings is 2. The summed E-state index contributed by atoms with van der Waals surface area (Å²) >= 11 is 13.7. The van der Waals surface area contributed by atoms with Crippen molar-refractivity contribution in [2.45, 2.75) is 26.9 Å². The second-order valence-corrected chi connectivity index (χ2v) is 8.71. The summed E-state index contributed by atoms with van der Waals surface area (Å²) in [5.41, 5.74) is 10.6. The number of hydrogen-bond acceptors (Lipinski definition) is 6. The highest BCUT2D eigenvalue weighted by atomic mass is 35.5. The number of aromatic nitrogens is 3. The Bertz CT molecular complexity index is 1250. The second-order valence-electron chi connectivity index (χ2n) is 7.01. The fourth-order valence-corrected chi connectivity index (χ4v) is 4.57. The maximum absolute atomic E-state index is 10.8. The Kier molecular flexibility index (Phi) is 6.09. The number of aromatic amines is 1. The minimum Gasteiger partial charge on any atom is -0.507 e. The smallest absolute Gasteiger partial charge is 0.156 e. The van der Waals surface area contributed by atoms with Crippen molar-refractivity contribution in [2.24, 2.45) is 0 Å². The molecule has 0 saturated heterocycles. The van der Waals surface area contributed by atoms with E-state index in [1.807, 2.05) is 31.4 Å². The number of nitrogen functional groups attached to an aromatic ring is 1. The first-order valence-corrected chi connectivity index (χ1v) is 11.2. The summed E-state index contributed by atoms with van der Waals surface area (Å²) < 4.78 is 5.98. The van der Waals surface area contributed by atoms with Crippen LogP contribution in [-0.4, -0.2) is 20.3 Å². The molecule has 160 valence electrons. The standard InChI is InChI=1S/C22H20Cl2N4O2S/c1-3-12-6-15(20-19(21(25)28-27-20)22-26-11(2)10-31-22)17(29)8-18(12)30-9-13-4-5-14(23)7-16(13)24/h4-8,10,29H,3,9H2,1-2H3,(H3,25,27,28). The molecule has 31 heavy (non-hydrogen) atoms. The molecule has 6 nitrogen and oxygen atoms in total. The summed E-state index contributed by atoms with van der Waals surface area (Å²) in [5, 5.41) is 21.7. The van der Waals surface area contributed by atoms with Crippen LogP contribution in [0.1, 0.15) is 23.7 Å². The van der Waals surface area contributed by atoms with E-state index in [1.54, 1.807) is 18.2 Å². The minimum absolute atomic E-state index is 0.0487. The molecular formula is C22H20Cl2N4O2S. The quantitative estimate of drug-likeness (QED) is 0.307. The van der Waals surface area contributed by atoms with E-state index >= 15 is 0 Å². The van der Waals surface area contributed by atoms with Gasteiger partial charge in [-0.05, 0) is 37.1 Å². The summed E-state index contributed by atoms with van der Waals surface area (Å²) in [6, 6.07) is 8.74. The summed E-state index contributed by atoms with van der Waals surface area (Å²) in [5.74, 6) is 0.959. The second kappa shape index (κ2) is 8.78. The van der Waals surface area contributed by atoms with E-state index < -0.39 is 0 Å². The van der Waals surface area contributed by atoms with Crippen molar-refractivity contribution in [1.82, 2.24) is 15.2 Å². The highest BCUT2D eigenvalue weighted by molar-refractivity contribution is 7.13. The molecule has 0 aliphatic carbocycles. The van der Waals surface area contributed by atoms with Gasteiger partial charge in [0.05, 0.1) is 11.3 Å². The van der Waals surface area contributed by atoms with Crippen LogP contribution in [0.5, 0.6) is 11.5 Å². The van der Waals surface area contributed by atoms with Crippen molar-refractivity contribution in [3.8, 4) is 33.3 Å². The van der Waals surface area contributed by atoms with Crippen LogP contribution in [-0.2, 0) is 13.0 Å². The summed E-state index contributed by atoms with van der Waals surface area (Å²) in [6.07, 6.45) is 0.701. The first-order valence-electron chi connectivity index (χ1n) is 9.56. The van der Waals surface area contributed by atoms with Crippen LogP contribution >= 0.6 is 34.5 Å². The third-order valence-electron chi connectivity index (χ3n) is 4.85. The molecule has 0 amide bonds. The Morgan fingerprint density at radius 3 is 2.68 bits per heavy atom. The number of nitrogens with two attached hydrogens (primary N) is 1. The molecule has 2 aromatic heterocycles. The van der Waals surface area contributed by atoms with E-state index in [0.717, 1.165) is 21.8 Å². The first-order chi connectivity index (χ1) is 14.9. The predicted octanol–water partition coefficient (Wildman–Crippen LogP) is 6.24. The van der Waals surface area contributed by atoms with Gasteiger partial charge >= 0.3 is 0 Å². The average molecular weight is 475 g/mol. The van der Waals surface area contributed by atoms with Crippen LogP contribution in [0.15, 0.2) is 35.7 Å². The molecule has 2 heterocycles. The number of nitrogens with zero attached hydrogens (tertiary/aromatic N) is 2. The van der Waals surface area contributed by atoms with Gasteiger partial charge in [0.2, 0.25) is 0 Å². The third kappa shape index (κ3) is 4.35. The predicted molar refractivity (Wildman–Crippen MR) is 126 cm³/mol. The van der Waals surface area contributed by atoms with E-state index in [4.69, 9.17) is 33.7 Å². The molecule has 4 aromatic rings. The zero-order valence-corrected chi connectivity index (χ0v) is 19.2. The van der Waals surface area contributed by atoms with Gasteiger partial charge in [0.1, 0.15) is 23.1 Å². The number of anilines is 1. The lowest BCUT2D eigenvalue weighted by Gasteiger charge is -2.15. The molecule has 9 heteroatoms. The fourth-order valence-electron chi connectivity index (χ4n) is 3.26. The Labute approximate surface area is 193 Å². The zero-order chi connectivity index (χ0) is 22.1. The van der Waals surface area contributed by atoms with Gasteiger partial charge in [0, 0.05) is 38.3 Å². The van der Waals surface area contributed by atoms with Crippen LogP contribution in [0.2, 0.25) is 10.0 Å². The van der Waals surface area contributed by atoms with Gasteiger partial charge in [0.25, 0.3) is 0 Å². The highest BCUT2D eigenvalue weighted by Crippen LogP contribution is 2.42. The number of aryl methyl sites for hydroxylation is 2. The molecule has 0 fully saturated rings. The van der Waals surface area contributed by atoms with Crippen molar-refractivity contribution >= 4 is 40.4 Å². The van der Waals surface area contributed by atoms with Crippen LogP contribution < -0.4 is 10.5 Å². The molecule has 4 N–H and O–H groups in total. The lowest BCUT2D eigenvalue weighted by Crippen LogP contribution is -2.00. The molecule has 0 saturated carbocycles. The molecule has 4 rings (SSSR count). The number of phenolic OH excluding ortho intramolecular Hbond substituents is 1. The first kappa shape index (κ1) is 21.5. The monoisotopic (exact) mass is 474 g/mol.